The highest BCUT2D eigenvalue weighted by molar-refractivity contribution is 6.42. The standard InChI is InChI=1S/C3H3BN2O3/c1-2-5-3-6(1)9-4(7-2)8-3/h2H,1H2. The number of hydroxylamine groups is 2. The van der Waals surface area contributed by atoms with Crippen LogP contribution in [0.5, 0.6) is 0 Å². The van der Waals surface area contributed by atoms with E-state index in [-0.39, 0.29) is 6.23 Å². The molecule has 0 spiro atoms. The first-order valence-electron chi connectivity index (χ1n) is 2.76. The van der Waals surface area contributed by atoms with E-state index in [0.29, 0.717) is 12.6 Å². The molecule has 6 heteroatoms. The summed E-state index contributed by atoms with van der Waals surface area (Å²) in [6, 6.07) is 0.566. The Labute approximate surface area is 51.3 Å². The lowest BCUT2D eigenvalue weighted by Crippen LogP contribution is -2.37. The molecule has 0 aromatic carbocycles. The normalized spacial score (nSPS) is 35.6. The third-order valence-electron chi connectivity index (χ3n) is 1.47. The van der Waals surface area contributed by atoms with E-state index in [9.17, 15) is 0 Å². The van der Waals surface area contributed by atoms with Crippen molar-refractivity contribution >= 4 is 13.3 Å². The molecule has 4 aliphatic heterocycles. The summed E-state index contributed by atoms with van der Waals surface area (Å²) in [5.41, 5.74) is 0. The van der Waals surface area contributed by atoms with Crippen molar-refractivity contribution in [1.29, 1.82) is 0 Å². The van der Waals surface area contributed by atoms with Crippen LogP contribution in [0, 0.1) is 0 Å². The number of hydrogen-bond donors (Lipinski definition) is 0. The van der Waals surface area contributed by atoms with E-state index >= 15 is 0 Å². The average molecular weight is 126 g/mol. The van der Waals surface area contributed by atoms with Gasteiger partial charge in [0.05, 0.1) is 6.54 Å². The molecular weight excluding hydrogens is 123 g/mol. The number of rotatable bonds is 0. The monoisotopic (exact) mass is 126 g/mol. The first-order valence-corrected chi connectivity index (χ1v) is 2.76. The molecule has 4 heterocycles. The van der Waals surface area contributed by atoms with Crippen molar-refractivity contribution in [3.05, 3.63) is 0 Å². The maximum Gasteiger partial charge on any atom is 0.740 e. The van der Waals surface area contributed by atoms with Crippen LogP contribution in [0.15, 0.2) is 4.99 Å². The molecule has 2 fully saturated rings. The molecule has 0 N–H and O–H groups in total. The van der Waals surface area contributed by atoms with Crippen LogP contribution in [0.1, 0.15) is 0 Å². The van der Waals surface area contributed by atoms with E-state index in [2.05, 4.69) is 4.99 Å². The Morgan fingerprint density at radius 3 is 3.44 bits per heavy atom. The number of nitrogens with zero attached hydrogens (tertiary/aromatic N) is 2. The second kappa shape index (κ2) is 1.07. The molecule has 4 bridgehead atoms. The topological polar surface area (TPSA) is 43.3 Å². The van der Waals surface area contributed by atoms with Gasteiger partial charge in [-0.1, -0.05) is 0 Å². The fourth-order valence-corrected chi connectivity index (χ4v) is 1.09. The zero-order valence-corrected chi connectivity index (χ0v) is 4.48. The zero-order chi connectivity index (χ0) is 5.84. The van der Waals surface area contributed by atoms with Crippen molar-refractivity contribution in [1.82, 2.24) is 5.06 Å². The van der Waals surface area contributed by atoms with E-state index in [1.807, 2.05) is 0 Å². The Kier molecular flexibility index (Phi) is 0.493. The van der Waals surface area contributed by atoms with Gasteiger partial charge in [0.15, 0.2) is 6.23 Å². The van der Waals surface area contributed by atoms with Crippen molar-refractivity contribution in [2.24, 2.45) is 4.99 Å². The molecule has 5 nitrogen and oxygen atoms in total. The van der Waals surface area contributed by atoms with E-state index < -0.39 is 7.32 Å². The Morgan fingerprint density at radius 2 is 2.78 bits per heavy atom. The minimum Gasteiger partial charge on any atom is -0.482 e. The Bertz CT molecular complexity index is 193. The van der Waals surface area contributed by atoms with Gasteiger partial charge < -0.3 is 9.31 Å². The van der Waals surface area contributed by atoms with Crippen LogP contribution < -0.4 is 0 Å². The van der Waals surface area contributed by atoms with Crippen LogP contribution in [0.3, 0.4) is 0 Å². The van der Waals surface area contributed by atoms with Gasteiger partial charge in [-0.15, -0.1) is 0 Å². The lowest BCUT2D eigenvalue weighted by molar-refractivity contribution is -0.0598. The van der Waals surface area contributed by atoms with Gasteiger partial charge in [0, 0.05) is 0 Å². The summed E-state index contributed by atoms with van der Waals surface area (Å²) in [5.74, 6) is 0. The molecule has 1 unspecified atom stereocenters. The molecule has 9 heavy (non-hydrogen) atoms. The fourth-order valence-electron chi connectivity index (χ4n) is 1.09. The third kappa shape index (κ3) is 0.370. The predicted octanol–water partition coefficient (Wildman–Crippen LogP) is -1.04. The molecule has 0 saturated carbocycles. The lowest BCUT2D eigenvalue weighted by Gasteiger charge is -2.17. The molecule has 2 saturated heterocycles. The van der Waals surface area contributed by atoms with Crippen molar-refractivity contribution in [2.45, 2.75) is 6.23 Å². The summed E-state index contributed by atoms with van der Waals surface area (Å²) in [7, 11) is -0.517. The lowest BCUT2D eigenvalue weighted by atomic mass is 10.2. The summed E-state index contributed by atoms with van der Waals surface area (Å²) < 4.78 is 15.1. The number of hydrogen-bond acceptors (Lipinski definition) is 5. The number of aliphatic imine (C=N–C) groups is 1. The van der Waals surface area contributed by atoms with Gasteiger partial charge in [-0.25, -0.2) is 10.1 Å². The van der Waals surface area contributed by atoms with Gasteiger partial charge in [0.2, 0.25) is 0 Å². The van der Waals surface area contributed by atoms with Gasteiger partial charge in [-0.2, -0.15) is 0 Å². The maximum absolute atomic E-state index is 5.07. The molecule has 4 rings (SSSR count). The SMILES string of the molecule is C1C2N=C3OB(O2)ON13. The molecule has 0 aliphatic carbocycles. The summed E-state index contributed by atoms with van der Waals surface area (Å²) in [5, 5.41) is 1.61. The minimum atomic E-state index is -0.517. The fraction of sp³-hybridized carbons (Fsp3) is 0.667. The zero-order valence-electron chi connectivity index (χ0n) is 4.48. The highest BCUT2D eigenvalue weighted by atomic mass is 16.9. The molecule has 0 aromatic rings. The third-order valence-corrected chi connectivity index (χ3v) is 1.47. The van der Waals surface area contributed by atoms with Crippen LogP contribution in [0.4, 0.5) is 0 Å². The van der Waals surface area contributed by atoms with Crippen LogP contribution in [0.25, 0.3) is 0 Å². The van der Waals surface area contributed by atoms with Gasteiger partial charge in [-0.05, 0) is 0 Å². The molecule has 0 radical (unpaired) electrons. The van der Waals surface area contributed by atoms with E-state index in [0.717, 1.165) is 0 Å². The van der Waals surface area contributed by atoms with Gasteiger partial charge in [0.25, 0.3) is 6.02 Å². The quantitative estimate of drug-likeness (QED) is 0.389. The van der Waals surface area contributed by atoms with Crippen molar-refractivity contribution < 1.29 is 14.1 Å². The molecular formula is C3H3BN2O3. The Hall–Kier alpha value is -0.745. The van der Waals surface area contributed by atoms with Crippen molar-refractivity contribution in [3.63, 3.8) is 0 Å². The Balaban J connectivity index is 2.13. The van der Waals surface area contributed by atoms with Crippen LogP contribution in [-0.2, 0) is 14.1 Å². The summed E-state index contributed by atoms with van der Waals surface area (Å²) in [4.78, 5) is 3.99. The largest absolute Gasteiger partial charge is 0.740 e. The first kappa shape index (κ1) is 4.13. The summed E-state index contributed by atoms with van der Waals surface area (Å²) in [6.45, 7) is 0.672. The predicted molar refractivity (Wildman–Crippen MR) is 26.9 cm³/mol. The highest BCUT2D eigenvalue weighted by Crippen LogP contribution is 2.26. The smallest absolute Gasteiger partial charge is 0.482 e. The van der Waals surface area contributed by atoms with Crippen molar-refractivity contribution in [2.75, 3.05) is 6.54 Å². The molecule has 1 atom stereocenters. The molecule has 46 valence electrons. The highest BCUT2D eigenvalue weighted by Gasteiger charge is 2.52. The number of amidine groups is 1. The molecule has 0 amide bonds. The molecule has 0 aromatic heterocycles. The Morgan fingerprint density at radius 1 is 1.78 bits per heavy atom. The van der Waals surface area contributed by atoms with Gasteiger partial charge >= 0.3 is 7.32 Å². The van der Waals surface area contributed by atoms with Gasteiger partial charge in [-0.3, -0.25) is 4.76 Å². The van der Waals surface area contributed by atoms with E-state index in [1.54, 1.807) is 5.06 Å². The van der Waals surface area contributed by atoms with Crippen LogP contribution >= 0.6 is 0 Å². The second-order valence-corrected chi connectivity index (χ2v) is 2.08. The van der Waals surface area contributed by atoms with Gasteiger partial charge in [0.1, 0.15) is 0 Å². The van der Waals surface area contributed by atoms with Crippen molar-refractivity contribution in [3.8, 4) is 0 Å². The van der Waals surface area contributed by atoms with E-state index in [1.165, 1.54) is 0 Å². The summed E-state index contributed by atoms with van der Waals surface area (Å²) in [6.07, 6.45) is -0.0486. The first-order chi connectivity index (χ1) is 4.42. The maximum atomic E-state index is 5.07. The second-order valence-electron chi connectivity index (χ2n) is 2.08. The average Bonchev–Trinajstić information content (AvgIpc) is 2.20. The van der Waals surface area contributed by atoms with Crippen LogP contribution in [0.2, 0.25) is 0 Å². The van der Waals surface area contributed by atoms with E-state index in [4.69, 9.17) is 14.1 Å². The molecule has 4 aliphatic rings. The minimum absolute atomic E-state index is 0.0486. The van der Waals surface area contributed by atoms with Crippen LogP contribution in [-0.4, -0.2) is 31.2 Å². The summed E-state index contributed by atoms with van der Waals surface area (Å²) >= 11 is 0.